The molecule has 1 aliphatic rings. The Bertz CT molecular complexity index is 459. The van der Waals surface area contributed by atoms with Crippen molar-refractivity contribution in [2.45, 2.75) is 32.2 Å². The Labute approximate surface area is 111 Å². The number of ketones is 1. The van der Waals surface area contributed by atoms with Crippen molar-refractivity contribution >= 4 is 13.4 Å². The lowest BCUT2D eigenvalue weighted by Gasteiger charge is -2.21. The van der Waals surface area contributed by atoms with Crippen molar-refractivity contribution in [1.82, 2.24) is 0 Å². The molecule has 0 aliphatic carbocycles. The maximum atomic E-state index is 12.5. The quantitative estimate of drug-likeness (QED) is 0.749. The summed E-state index contributed by atoms with van der Waals surface area (Å²) in [6.45, 7) is 3.76. The molecule has 0 bridgehead atoms. The number of carbonyl (C=O) groups is 1. The lowest BCUT2D eigenvalue weighted by atomic mass is 10.2. The lowest BCUT2D eigenvalue weighted by Crippen LogP contribution is -2.19. The molecule has 2 rings (SSSR count). The Morgan fingerprint density at radius 2 is 2.05 bits per heavy atom. The molecule has 0 saturated carbocycles. The minimum atomic E-state index is -3.58. The van der Waals surface area contributed by atoms with Crippen LogP contribution in [0.4, 0.5) is 0 Å². The first kappa shape index (κ1) is 14.5. The number of hydrogen-bond acceptors (Lipinski definition) is 6. The fourth-order valence-corrected chi connectivity index (χ4v) is 3.81. The van der Waals surface area contributed by atoms with E-state index in [1.54, 1.807) is 26.0 Å². The second-order valence-electron chi connectivity index (χ2n) is 4.04. The largest absolute Gasteiger partial charge is 0.467 e. The summed E-state index contributed by atoms with van der Waals surface area (Å²) in [6.07, 6.45) is 1.09. The van der Waals surface area contributed by atoms with Gasteiger partial charge in [-0.2, -0.15) is 0 Å². The highest BCUT2D eigenvalue weighted by Crippen LogP contribution is 2.57. The van der Waals surface area contributed by atoms with Gasteiger partial charge in [-0.15, -0.1) is 0 Å². The van der Waals surface area contributed by atoms with Crippen LogP contribution in [0, 0.1) is 0 Å². The van der Waals surface area contributed by atoms with Gasteiger partial charge in [0.05, 0.1) is 19.5 Å². The van der Waals surface area contributed by atoms with Crippen molar-refractivity contribution in [3.63, 3.8) is 0 Å². The maximum absolute atomic E-state index is 12.5. The van der Waals surface area contributed by atoms with Gasteiger partial charge in [-0.1, -0.05) is 0 Å². The number of ether oxygens (including phenoxy) is 1. The Morgan fingerprint density at radius 3 is 2.58 bits per heavy atom. The van der Waals surface area contributed by atoms with E-state index in [1.165, 1.54) is 6.26 Å². The smallest absolute Gasteiger partial charge is 0.366 e. The summed E-state index contributed by atoms with van der Waals surface area (Å²) in [6, 6.07) is 3.42. The molecule has 19 heavy (non-hydrogen) atoms. The molecule has 2 unspecified atom stereocenters. The molecule has 0 aromatic carbocycles. The molecule has 1 aromatic rings. The van der Waals surface area contributed by atoms with Crippen molar-refractivity contribution < 1.29 is 27.6 Å². The van der Waals surface area contributed by atoms with Gasteiger partial charge in [-0.25, -0.2) is 0 Å². The topological polar surface area (TPSA) is 75.0 Å². The zero-order chi connectivity index (χ0) is 13.9. The van der Waals surface area contributed by atoms with Crippen LogP contribution in [0.3, 0.4) is 0 Å². The van der Waals surface area contributed by atoms with Crippen LogP contribution in [0.1, 0.15) is 32.1 Å². The van der Waals surface area contributed by atoms with Crippen LogP contribution in [0.5, 0.6) is 0 Å². The lowest BCUT2D eigenvalue weighted by molar-refractivity contribution is -0.120. The van der Waals surface area contributed by atoms with Gasteiger partial charge < -0.3 is 18.2 Å². The molecular weight excluding hydrogens is 271 g/mol. The van der Waals surface area contributed by atoms with Gasteiger partial charge in [0.2, 0.25) is 5.85 Å². The van der Waals surface area contributed by atoms with E-state index >= 15 is 0 Å². The minimum absolute atomic E-state index is 0.113. The van der Waals surface area contributed by atoms with Crippen LogP contribution >= 0.6 is 7.60 Å². The van der Waals surface area contributed by atoms with Crippen molar-refractivity contribution in [2.24, 2.45) is 0 Å². The highest BCUT2D eigenvalue weighted by Gasteiger charge is 2.49. The van der Waals surface area contributed by atoms with Gasteiger partial charge in [0.15, 0.2) is 5.78 Å². The first-order valence-electron chi connectivity index (χ1n) is 6.21. The molecule has 0 spiro atoms. The van der Waals surface area contributed by atoms with Crippen LogP contribution in [0.15, 0.2) is 22.8 Å². The van der Waals surface area contributed by atoms with Crippen molar-refractivity contribution in [1.29, 1.82) is 0 Å². The number of carbonyl (C=O) groups excluding carboxylic acids is 1. The van der Waals surface area contributed by atoms with E-state index in [4.69, 9.17) is 18.2 Å². The predicted molar refractivity (Wildman–Crippen MR) is 66.8 cm³/mol. The second-order valence-corrected chi connectivity index (χ2v) is 6.10. The third kappa shape index (κ3) is 2.98. The van der Waals surface area contributed by atoms with Gasteiger partial charge in [-0.05, 0) is 26.0 Å². The number of Topliss-reactive ketones (excluding diaryl/α,β-unsaturated/α-hetero) is 1. The first-order valence-corrected chi connectivity index (χ1v) is 7.82. The van der Waals surface area contributed by atoms with E-state index in [2.05, 4.69) is 0 Å². The zero-order valence-electron chi connectivity index (χ0n) is 10.9. The van der Waals surface area contributed by atoms with Crippen LogP contribution in [-0.2, 0) is 23.1 Å². The molecule has 7 heteroatoms. The molecule has 1 fully saturated rings. The van der Waals surface area contributed by atoms with E-state index in [0.717, 1.165) is 0 Å². The average Bonchev–Trinajstić information content (AvgIpc) is 2.98. The maximum Gasteiger partial charge on any atom is 0.366 e. The van der Waals surface area contributed by atoms with Gasteiger partial charge >= 0.3 is 7.60 Å². The van der Waals surface area contributed by atoms with E-state index in [0.29, 0.717) is 5.76 Å². The summed E-state index contributed by atoms with van der Waals surface area (Å²) >= 11 is 0. The number of furan rings is 1. The van der Waals surface area contributed by atoms with E-state index < -0.39 is 19.5 Å². The van der Waals surface area contributed by atoms with E-state index in [9.17, 15) is 9.36 Å². The Morgan fingerprint density at radius 1 is 1.37 bits per heavy atom. The SMILES string of the molecule is CCOP(=O)(OCC)C1OC(c2ccco2)CC1=O. The Kier molecular flexibility index (Phi) is 4.58. The first-order chi connectivity index (χ1) is 9.10. The molecule has 1 aliphatic heterocycles. The van der Waals surface area contributed by atoms with E-state index in [-0.39, 0.29) is 25.4 Å². The molecule has 2 atom stereocenters. The zero-order valence-corrected chi connectivity index (χ0v) is 11.8. The molecule has 0 amide bonds. The molecular formula is C12H17O6P. The Balaban J connectivity index is 2.16. The number of hydrogen-bond donors (Lipinski definition) is 0. The molecule has 6 nitrogen and oxygen atoms in total. The van der Waals surface area contributed by atoms with Crippen LogP contribution in [-0.4, -0.2) is 24.8 Å². The van der Waals surface area contributed by atoms with Crippen LogP contribution in [0.25, 0.3) is 0 Å². The van der Waals surface area contributed by atoms with Crippen molar-refractivity contribution in [3.8, 4) is 0 Å². The van der Waals surface area contributed by atoms with Gasteiger partial charge in [-0.3, -0.25) is 9.36 Å². The highest BCUT2D eigenvalue weighted by atomic mass is 31.2. The third-order valence-corrected chi connectivity index (χ3v) is 4.94. The number of rotatable bonds is 6. The minimum Gasteiger partial charge on any atom is -0.467 e. The molecule has 0 radical (unpaired) electrons. The van der Waals surface area contributed by atoms with Crippen molar-refractivity contribution in [2.75, 3.05) is 13.2 Å². The van der Waals surface area contributed by atoms with E-state index in [1.807, 2.05) is 0 Å². The normalized spacial score (nSPS) is 24.0. The standard InChI is InChI=1S/C12H17O6P/c1-3-16-19(14,17-4-2)12-9(13)8-11(18-12)10-6-5-7-15-10/h5-7,11-12H,3-4,8H2,1-2H3. The molecule has 1 saturated heterocycles. The molecule has 106 valence electrons. The van der Waals surface area contributed by atoms with Crippen molar-refractivity contribution in [3.05, 3.63) is 24.2 Å². The summed E-state index contributed by atoms with van der Waals surface area (Å²) in [5.41, 5.74) is 0. The fourth-order valence-electron chi connectivity index (χ4n) is 1.99. The highest BCUT2D eigenvalue weighted by molar-refractivity contribution is 7.55. The van der Waals surface area contributed by atoms with Crippen LogP contribution in [0.2, 0.25) is 0 Å². The molecule has 2 heterocycles. The summed E-state index contributed by atoms with van der Waals surface area (Å²) in [4.78, 5) is 12.0. The molecule has 0 N–H and O–H groups in total. The summed E-state index contributed by atoms with van der Waals surface area (Å²) in [5.74, 6) is -0.912. The van der Waals surface area contributed by atoms with Crippen LogP contribution < -0.4 is 0 Å². The fraction of sp³-hybridized carbons (Fsp3) is 0.583. The molecule has 1 aromatic heterocycles. The van der Waals surface area contributed by atoms with Gasteiger partial charge in [0, 0.05) is 6.42 Å². The van der Waals surface area contributed by atoms with Gasteiger partial charge in [0.25, 0.3) is 0 Å². The van der Waals surface area contributed by atoms with Gasteiger partial charge in [0.1, 0.15) is 11.9 Å². The Hall–Kier alpha value is -0.940. The average molecular weight is 288 g/mol. The summed E-state index contributed by atoms with van der Waals surface area (Å²) < 4.78 is 33.5. The third-order valence-electron chi connectivity index (χ3n) is 2.72. The monoisotopic (exact) mass is 288 g/mol. The summed E-state index contributed by atoms with van der Waals surface area (Å²) in [7, 11) is -3.58. The predicted octanol–water partition coefficient (Wildman–Crippen LogP) is 2.90. The summed E-state index contributed by atoms with van der Waals surface area (Å²) in [5, 5.41) is 0. The second kappa shape index (κ2) is 6.01.